The molecule has 0 saturated heterocycles. The van der Waals surface area contributed by atoms with Gasteiger partial charge in [-0.1, -0.05) is 126 Å². The van der Waals surface area contributed by atoms with E-state index in [1.54, 1.807) is 0 Å². The highest BCUT2D eigenvalue weighted by Gasteiger charge is 2.25. The lowest BCUT2D eigenvalue weighted by Crippen LogP contribution is -2.29. The summed E-state index contributed by atoms with van der Waals surface area (Å²) in [6, 6.07) is 0. The Kier molecular flexibility index (Phi) is 32.9. The van der Waals surface area contributed by atoms with Gasteiger partial charge in [0.2, 0.25) is 0 Å². The van der Waals surface area contributed by atoms with Gasteiger partial charge in [0.1, 0.15) is 6.61 Å². The van der Waals surface area contributed by atoms with Crippen LogP contribution in [0.25, 0.3) is 0 Å². The van der Waals surface area contributed by atoms with Crippen LogP contribution < -0.4 is 5.73 Å². The quantitative estimate of drug-likeness (QED) is 0.0298. The number of hydrogen-bond donors (Lipinski definition) is 2. The summed E-state index contributed by atoms with van der Waals surface area (Å²) in [5, 5.41) is 0. The summed E-state index contributed by atoms with van der Waals surface area (Å²) < 4.78 is 32.4. The molecule has 0 aliphatic carbocycles. The van der Waals surface area contributed by atoms with Crippen molar-refractivity contribution in [3.05, 3.63) is 60.8 Å². The molecule has 0 aliphatic rings. The fraction of sp³-hybridized carbons (Fsp3) is 0.684. The molecule has 2 unspecified atom stereocenters. The van der Waals surface area contributed by atoms with Gasteiger partial charge in [-0.15, -0.1) is 0 Å². The number of allylic oxidation sites excluding steroid dienone is 10. The first kappa shape index (κ1) is 45.7. The van der Waals surface area contributed by atoms with E-state index >= 15 is 0 Å². The Balaban J connectivity index is 4.18. The second-order valence-electron chi connectivity index (χ2n) is 11.7. The van der Waals surface area contributed by atoms with Gasteiger partial charge in [0.05, 0.1) is 13.2 Å². The second kappa shape index (κ2) is 34.6. The number of carbonyl (C=O) groups excluding carboxylic acids is 2. The summed E-state index contributed by atoms with van der Waals surface area (Å²) in [4.78, 5) is 34.4. The minimum atomic E-state index is -4.37. The van der Waals surface area contributed by atoms with Crippen molar-refractivity contribution in [3.63, 3.8) is 0 Å². The smallest absolute Gasteiger partial charge is 0.462 e. The van der Waals surface area contributed by atoms with Crippen molar-refractivity contribution in [3.8, 4) is 0 Å². The number of hydrogen-bond acceptors (Lipinski definition) is 8. The van der Waals surface area contributed by atoms with Gasteiger partial charge >= 0.3 is 19.8 Å². The number of ether oxygens (including phenoxy) is 2. The predicted molar refractivity (Wildman–Crippen MR) is 196 cm³/mol. The van der Waals surface area contributed by atoms with Crippen LogP contribution in [0.3, 0.4) is 0 Å². The number of unbranched alkanes of at least 4 members (excludes halogenated alkanes) is 10. The first-order valence-corrected chi connectivity index (χ1v) is 19.8. The van der Waals surface area contributed by atoms with Crippen LogP contribution >= 0.6 is 7.82 Å². The number of phosphoric ester groups is 1. The van der Waals surface area contributed by atoms with Crippen molar-refractivity contribution in [1.82, 2.24) is 0 Å². The molecule has 3 N–H and O–H groups in total. The van der Waals surface area contributed by atoms with Crippen molar-refractivity contribution in [1.29, 1.82) is 0 Å². The van der Waals surface area contributed by atoms with Crippen LogP contribution in [-0.2, 0) is 32.7 Å². The first-order chi connectivity index (χ1) is 23.3. The van der Waals surface area contributed by atoms with Gasteiger partial charge in [-0.2, -0.15) is 0 Å². The Morgan fingerprint density at radius 1 is 0.646 bits per heavy atom. The average Bonchev–Trinajstić information content (AvgIpc) is 3.07. The molecule has 10 heteroatoms. The molecule has 276 valence electrons. The number of phosphoric acid groups is 1. The Labute approximate surface area is 291 Å². The van der Waals surface area contributed by atoms with Crippen LogP contribution in [0, 0.1) is 0 Å². The van der Waals surface area contributed by atoms with Crippen LogP contribution in [0.5, 0.6) is 0 Å². The van der Waals surface area contributed by atoms with E-state index in [1.165, 1.54) is 6.42 Å². The topological polar surface area (TPSA) is 134 Å². The molecule has 0 rings (SSSR count). The molecule has 0 bridgehead atoms. The summed E-state index contributed by atoms with van der Waals surface area (Å²) >= 11 is 0. The molecular formula is C38H66NO8P. The van der Waals surface area contributed by atoms with E-state index in [2.05, 4.69) is 74.6 Å². The van der Waals surface area contributed by atoms with Gasteiger partial charge in [0, 0.05) is 19.4 Å². The van der Waals surface area contributed by atoms with E-state index in [0.29, 0.717) is 6.42 Å². The van der Waals surface area contributed by atoms with Gasteiger partial charge in [-0.25, -0.2) is 4.57 Å². The molecule has 0 aliphatic heterocycles. The molecule has 2 atom stereocenters. The monoisotopic (exact) mass is 695 g/mol. The summed E-state index contributed by atoms with van der Waals surface area (Å²) in [6.07, 6.45) is 38.5. The van der Waals surface area contributed by atoms with E-state index in [9.17, 15) is 19.0 Å². The fourth-order valence-electron chi connectivity index (χ4n) is 4.48. The van der Waals surface area contributed by atoms with Crippen molar-refractivity contribution in [2.45, 2.75) is 142 Å². The first-order valence-electron chi connectivity index (χ1n) is 18.3. The normalized spacial score (nSPS) is 14.2. The third-order valence-electron chi connectivity index (χ3n) is 7.17. The Morgan fingerprint density at radius 2 is 1.15 bits per heavy atom. The zero-order valence-corrected chi connectivity index (χ0v) is 30.8. The third kappa shape index (κ3) is 33.6. The molecular weight excluding hydrogens is 629 g/mol. The van der Waals surface area contributed by atoms with Gasteiger partial charge in [0.25, 0.3) is 0 Å². The second-order valence-corrected chi connectivity index (χ2v) is 13.2. The minimum Gasteiger partial charge on any atom is -0.462 e. The average molecular weight is 696 g/mol. The molecule has 0 radical (unpaired) electrons. The molecule has 9 nitrogen and oxygen atoms in total. The van der Waals surface area contributed by atoms with E-state index < -0.39 is 32.5 Å². The Bertz CT molecular complexity index is 976. The maximum atomic E-state index is 12.5. The standard InChI is InChI=1S/C38H66NO8P/c1-3-5-7-9-11-12-13-14-15-16-17-18-19-20-21-22-23-24-25-27-29-31-38(41)47-36(35-46-48(42,43)45-33-32-39)34-44-37(40)30-28-26-10-8-6-4-2/h5,7,11-12,14-15,17-18,20-21,36H,3-4,6,8-10,13,16,19,22-35,39H2,1-2H3,(H,42,43)/b7-5-,12-11-,15-14-,18-17-,21-20-. The van der Waals surface area contributed by atoms with Crippen LogP contribution in [0.1, 0.15) is 136 Å². The molecule has 0 amide bonds. The molecule has 0 fully saturated rings. The van der Waals surface area contributed by atoms with Crippen molar-refractivity contribution in [2.75, 3.05) is 26.4 Å². The van der Waals surface area contributed by atoms with E-state index in [0.717, 1.165) is 96.3 Å². The summed E-state index contributed by atoms with van der Waals surface area (Å²) in [7, 11) is -4.37. The third-order valence-corrected chi connectivity index (χ3v) is 8.15. The molecule has 0 aromatic carbocycles. The van der Waals surface area contributed by atoms with Gasteiger partial charge < -0.3 is 20.1 Å². The van der Waals surface area contributed by atoms with Gasteiger partial charge in [0.15, 0.2) is 6.10 Å². The molecule has 0 saturated carbocycles. The molecule has 0 aromatic rings. The zero-order chi connectivity index (χ0) is 35.4. The fourth-order valence-corrected chi connectivity index (χ4v) is 5.25. The van der Waals surface area contributed by atoms with Crippen molar-refractivity contribution < 1.29 is 37.6 Å². The molecule has 0 heterocycles. The highest BCUT2D eigenvalue weighted by Crippen LogP contribution is 2.43. The SMILES string of the molecule is CC/C=C\C/C=C\C/C=C\C/C=C\C/C=C\CCCCCCCC(=O)OC(COC(=O)CCCCCCCC)COP(=O)(O)OCCN. The number of nitrogens with two attached hydrogens (primary N) is 1. The van der Waals surface area contributed by atoms with E-state index in [4.69, 9.17) is 24.3 Å². The number of carbonyl (C=O) groups is 2. The van der Waals surface area contributed by atoms with Crippen molar-refractivity contribution in [2.24, 2.45) is 5.73 Å². The lowest BCUT2D eigenvalue weighted by Gasteiger charge is -2.19. The molecule has 0 aromatic heterocycles. The summed E-state index contributed by atoms with van der Waals surface area (Å²) in [6.45, 7) is 3.49. The number of esters is 2. The summed E-state index contributed by atoms with van der Waals surface area (Å²) in [5.41, 5.74) is 5.31. The maximum absolute atomic E-state index is 12.5. The predicted octanol–water partition coefficient (Wildman–Crippen LogP) is 9.77. The Hall–Kier alpha value is -2.29. The maximum Gasteiger partial charge on any atom is 0.472 e. The van der Waals surface area contributed by atoms with Gasteiger partial charge in [-0.3, -0.25) is 18.6 Å². The largest absolute Gasteiger partial charge is 0.472 e. The van der Waals surface area contributed by atoms with Crippen LogP contribution in [0.15, 0.2) is 60.8 Å². The van der Waals surface area contributed by atoms with E-state index in [-0.39, 0.29) is 32.6 Å². The molecule has 48 heavy (non-hydrogen) atoms. The van der Waals surface area contributed by atoms with Crippen LogP contribution in [0.4, 0.5) is 0 Å². The van der Waals surface area contributed by atoms with Crippen LogP contribution in [-0.4, -0.2) is 49.3 Å². The Morgan fingerprint density at radius 3 is 1.71 bits per heavy atom. The van der Waals surface area contributed by atoms with E-state index in [1.807, 2.05) is 0 Å². The highest BCUT2D eigenvalue weighted by atomic mass is 31.2. The van der Waals surface area contributed by atoms with Crippen LogP contribution in [0.2, 0.25) is 0 Å². The zero-order valence-electron chi connectivity index (χ0n) is 29.9. The lowest BCUT2D eigenvalue weighted by atomic mass is 10.1. The summed E-state index contributed by atoms with van der Waals surface area (Å²) in [5.74, 6) is -0.868. The molecule has 0 spiro atoms. The highest BCUT2D eigenvalue weighted by molar-refractivity contribution is 7.47. The van der Waals surface area contributed by atoms with Gasteiger partial charge in [-0.05, 0) is 57.8 Å². The lowest BCUT2D eigenvalue weighted by molar-refractivity contribution is -0.161. The van der Waals surface area contributed by atoms with Crippen molar-refractivity contribution >= 4 is 19.8 Å². The number of rotatable bonds is 33. The minimum absolute atomic E-state index is 0.0474.